The minimum atomic E-state index is -1.28. The van der Waals surface area contributed by atoms with E-state index in [0.29, 0.717) is 28.8 Å². The number of pyridine rings is 1. The van der Waals surface area contributed by atoms with Crippen LogP contribution < -0.4 is 25.4 Å². The monoisotopic (exact) mass is 637 g/mol. The molecule has 13 heteroatoms. The van der Waals surface area contributed by atoms with E-state index in [9.17, 15) is 24.0 Å². The van der Waals surface area contributed by atoms with Crippen LogP contribution in [-0.4, -0.2) is 91.0 Å². The molecule has 2 heterocycles. The normalized spacial score (nSPS) is 22.8. The van der Waals surface area contributed by atoms with Crippen LogP contribution in [0.25, 0.3) is 10.9 Å². The van der Waals surface area contributed by atoms with Gasteiger partial charge in [0.05, 0.1) is 26.3 Å². The van der Waals surface area contributed by atoms with Crippen molar-refractivity contribution in [2.45, 2.75) is 71.2 Å². The van der Waals surface area contributed by atoms with Crippen molar-refractivity contribution in [3.8, 4) is 11.5 Å². The number of Topliss-reactive ketones (excluding diaryl/α,β-unsaturated/α-hetero) is 1. The third-order valence-electron chi connectivity index (χ3n) is 8.68. The maximum atomic E-state index is 14.2. The summed E-state index contributed by atoms with van der Waals surface area (Å²) in [5.74, 6) is -1.30. The average molecular weight is 638 g/mol. The fourth-order valence-electron chi connectivity index (χ4n) is 5.94. The molecular formula is C33H43N5O8. The number of hydrogen-bond donors (Lipinski definition) is 3. The maximum absolute atomic E-state index is 14.2. The number of urea groups is 1. The first-order valence-corrected chi connectivity index (χ1v) is 15.1. The van der Waals surface area contributed by atoms with E-state index in [-0.39, 0.29) is 30.4 Å². The zero-order chi connectivity index (χ0) is 34.1. The topological polar surface area (TPSA) is 165 Å². The molecule has 0 bridgehead atoms. The van der Waals surface area contributed by atoms with Crippen LogP contribution >= 0.6 is 0 Å². The second-order valence-electron chi connectivity index (χ2n) is 12.9. The summed E-state index contributed by atoms with van der Waals surface area (Å²) in [7, 11) is 4.23. The Labute approximate surface area is 268 Å². The van der Waals surface area contributed by atoms with Crippen LogP contribution in [0.3, 0.4) is 0 Å². The summed E-state index contributed by atoms with van der Waals surface area (Å²) >= 11 is 0. The number of carbonyl (C=O) groups is 5. The minimum Gasteiger partial charge on any atom is -0.496 e. The van der Waals surface area contributed by atoms with Crippen LogP contribution in [0.1, 0.15) is 56.6 Å². The number of benzene rings is 1. The van der Waals surface area contributed by atoms with Gasteiger partial charge in [-0.3, -0.25) is 14.4 Å². The summed E-state index contributed by atoms with van der Waals surface area (Å²) in [6.07, 6.45) is 1.27. The second-order valence-corrected chi connectivity index (χ2v) is 12.9. The fraction of sp³-hybridized carbons (Fsp3) is 0.515. The Hall–Kier alpha value is -4.68. The summed E-state index contributed by atoms with van der Waals surface area (Å²) in [6, 6.07) is 2.50. The van der Waals surface area contributed by atoms with Crippen LogP contribution in [0.15, 0.2) is 30.9 Å². The number of esters is 1. The van der Waals surface area contributed by atoms with Crippen LogP contribution in [0.4, 0.5) is 4.79 Å². The number of nitrogens with one attached hydrogen (secondary N) is 3. The van der Waals surface area contributed by atoms with Gasteiger partial charge in [0.25, 0.3) is 0 Å². The molecule has 1 aromatic heterocycles. The number of aromatic nitrogens is 1. The standard InChI is InChI=1S/C33H43N5O8/c1-10-19-15-33(19,30(42)45-9)37-28(40)23-13-20(16-38(23)29(41)27(32(4,5)6)36-31(43)34-7)46-25-14-22(18(3)39)35-26-17(2)24(44-8)12-11-21(25)26/h10-12,14,19-20,23,27H,1,13,15-16H2,2-9H3,(H,37,40)(H2,34,36,43)/t19-,20-,23+,27+,33-/m1/s1. The highest BCUT2D eigenvalue weighted by atomic mass is 16.5. The number of aryl methyl sites for hydroxylation is 1. The van der Waals surface area contributed by atoms with Crippen molar-refractivity contribution < 1.29 is 38.2 Å². The molecule has 4 amide bonds. The van der Waals surface area contributed by atoms with E-state index >= 15 is 0 Å². The molecule has 13 nitrogen and oxygen atoms in total. The summed E-state index contributed by atoms with van der Waals surface area (Å²) in [5.41, 5.74) is -0.578. The van der Waals surface area contributed by atoms with Gasteiger partial charge in [0.1, 0.15) is 40.9 Å². The highest BCUT2D eigenvalue weighted by Gasteiger charge is 2.62. The predicted octanol–water partition coefficient (Wildman–Crippen LogP) is 2.68. The molecule has 1 aliphatic heterocycles. The summed E-state index contributed by atoms with van der Waals surface area (Å²) in [6.45, 7) is 12.4. The number of likely N-dealkylation sites (tertiary alicyclic amines) is 1. The van der Waals surface area contributed by atoms with E-state index in [1.54, 1.807) is 52.2 Å². The van der Waals surface area contributed by atoms with Crippen molar-refractivity contribution in [1.29, 1.82) is 0 Å². The third kappa shape index (κ3) is 6.49. The number of hydrogen-bond acceptors (Lipinski definition) is 9. The van der Waals surface area contributed by atoms with Gasteiger partial charge in [-0.1, -0.05) is 26.8 Å². The van der Waals surface area contributed by atoms with Crippen molar-refractivity contribution in [1.82, 2.24) is 25.8 Å². The van der Waals surface area contributed by atoms with Crippen molar-refractivity contribution in [2.24, 2.45) is 11.3 Å². The molecule has 0 radical (unpaired) electrons. The van der Waals surface area contributed by atoms with Gasteiger partial charge in [-0.05, 0) is 30.9 Å². The first-order chi connectivity index (χ1) is 21.6. The van der Waals surface area contributed by atoms with Gasteiger partial charge in [-0.15, -0.1) is 6.58 Å². The molecule has 3 N–H and O–H groups in total. The molecular weight excluding hydrogens is 594 g/mol. The van der Waals surface area contributed by atoms with Crippen LogP contribution in [0.2, 0.25) is 0 Å². The lowest BCUT2D eigenvalue weighted by molar-refractivity contribution is -0.148. The van der Waals surface area contributed by atoms with Crippen LogP contribution in [-0.2, 0) is 19.1 Å². The number of amides is 4. The SMILES string of the molecule is C=C[C@@H]1C[C@]1(NC(=O)[C@@H]1C[C@@H](Oc2cc(C(C)=O)nc3c(C)c(OC)ccc23)CN1C(=O)[C@H](NC(=O)NC)C(C)(C)C)C(=O)OC. The van der Waals surface area contributed by atoms with E-state index in [1.807, 2.05) is 6.92 Å². The number of methoxy groups -OCH3 is 2. The second kappa shape index (κ2) is 13.0. The van der Waals surface area contributed by atoms with Crippen molar-refractivity contribution >= 4 is 40.5 Å². The van der Waals surface area contributed by atoms with E-state index in [0.717, 1.165) is 5.56 Å². The van der Waals surface area contributed by atoms with E-state index in [2.05, 4.69) is 27.5 Å². The molecule has 4 rings (SSSR count). The Bertz CT molecular complexity index is 1580. The molecule has 1 aromatic carbocycles. The van der Waals surface area contributed by atoms with Crippen LogP contribution in [0.5, 0.6) is 11.5 Å². The number of carbonyl (C=O) groups excluding carboxylic acids is 5. The predicted molar refractivity (Wildman–Crippen MR) is 170 cm³/mol. The highest BCUT2D eigenvalue weighted by Crippen LogP contribution is 2.45. The van der Waals surface area contributed by atoms with Gasteiger partial charge >= 0.3 is 12.0 Å². The number of ketones is 1. The van der Waals surface area contributed by atoms with Crippen molar-refractivity contribution in [3.05, 3.63) is 42.1 Å². The Morgan fingerprint density at radius 2 is 1.85 bits per heavy atom. The first-order valence-electron chi connectivity index (χ1n) is 15.1. The number of ether oxygens (including phenoxy) is 3. The van der Waals surface area contributed by atoms with Gasteiger partial charge < -0.3 is 35.1 Å². The first kappa shape index (κ1) is 34.2. The molecule has 2 aromatic rings. The Kier molecular flexibility index (Phi) is 9.64. The quantitative estimate of drug-likeness (QED) is 0.202. The molecule has 2 fully saturated rings. The summed E-state index contributed by atoms with van der Waals surface area (Å²) in [4.78, 5) is 71.6. The van der Waals surface area contributed by atoms with Gasteiger partial charge in [0.15, 0.2) is 5.78 Å². The lowest BCUT2D eigenvalue weighted by atomic mass is 9.85. The smallest absolute Gasteiger partial charge is 0.332 e. The Balaban J connectivity index is 1.73. The van der Waals surface area contributed by atoms with Crippen molar-refractivity contribution in [3.63, 3.8) is 0 Å². The van der Waals surface area contributed by atoms with E-state index in [4.69, 9.17) is 14.2 Å². The molecule has 46 heavy (non-hydrogen) atoms. The van der Waals surface area contributed by atoms with E-state index < -0.39 is 53.0 Å². The lowest BCUT2D eigenvalue weighted by Gasteiger charge is -2.35. The molecule has 1 aliphatic carbocycles. The molecule has 248 valence electrons. The summed E-state index contributed by atoms with van der Waals surface area (Å²) < 4.78 is 16.9. The largest absolute Gasteiger partial charge is 0.496 e. The van der Waals surface area contributed by atoms with Gasteiger partial charge in [-0.25, -0.2) is 14.6 Å². The molecule has 1 saturated carbocycles. The molecule has 5 atom stereocenters. The number of fused-ring (bicyclic) bond motifs is 1. The number of rotatable bonds is 10. The average Bonchev–Trinajstić information content (AvgIpc) is 3.57. The highest BCUT2D eigenvalue weighted by molar-refractivity contribution is 5.99. The molecule has 0 unspecified atom stereocenters. The minimum absolute atomic E-state index is 0.0105. The maximum Gasteiger partial charge on any atom is 0.332 e. The zero-order valence-corrected chi connectivity index (χ0v) is 27.6. The fourth-order valence-corrected chi connectivity index (χ4v) is 5.94. The molecule has 2 aliphatic rings. The Morgan fingerprint density at radius 1 is 1.15 bits per heavy atom. The Morgan fingerprint density at radius 3 is 2.39 bits per heavy atom. The van der Waals surface area contributed by atoms with Gasteiger partial charge in [0.2, 0.25) is 11.8 Å². The zero-order valence-electron chi connectivity index (χ0n) is 27.6. The lowest BCUT2D eigenvalue weighted by Crippen LogP contribution is -2.60. The summed E-state index contributed by atoms with van der Waals surface area (Å²) in [5, 5.41) is 8.64. The van der Waals surface area contributed by atoms with Gasteiger partial charge in [0, 0.05) is 43.3 Å². The van der Waals surface area contributed by atoms with Crippen LogP contribution in [0, 0.1) is 18.3 Å². The van der Waals surface area contributed by atoms with Crippen molar-refractivity contribution in [2.75, 3.05) is 27.8 Å². The number of nitrogens with zero attached hydrogens (tertiary/aromatic N) is 2. The van der Waals surface area contributed by atoms with E-state index in [1.165, 1.54) is 26.0 Å². The molecule has 1 saturated heterocycles. The third-order valence-corrected chi connectivity index (χ3v) is 8.68. The molecule has 0 spiro atoms. The van der Waals surface area contributed by atoms with Gasteiger partial charge in [-0.2, -0.15) is 0 Å².